The number of benzene rings is 2. The molecule has 1 heterocycles. The minimum absolute atomic E-state index is 0.237. The normalized spacial score (nSPS) is 10.5. The molecule has 0 spiro atoms. The van der Waals surface area contributed by atoms with Gasteiger partial charge in [0, 0.05) is 24.1 Å². The first-order valence-corrected chi connectivity index (χ1v) is 9.23. The van der Waals surface area contributed by atoms with Gasteiger partial charge in [0.05, 0.1) is 18.4 Å². The van der Waals surface area contributed by atoms with Crippen LogP contribution in [0.15, 0.2) is 65.2 Å². The maximum Gasteiger partial charge on any atom is 0.305 e. The van der Waals surface area contributed by atoms with Crippen LogP contribution < -0.4 is 5.32 Å². The number of nitrogens with one attached hydrogen (secondary N) is 1. The number of rotatable bonds is 8. The van der Waals surface area contributed by atoms with Crippen LogP contribution >= 0.6 is 0 Å². The Morgan fingerprint density at radius 1 is 1.07 bits per heavy atom. The van der Waals surface area contributed by atoms with Gasteiger partial charge in [-0.25, -0.2) is 4.98 Å². The van der Waals surface area contributed by atoms with E-state index in [-0.39, 0.29) is 18.3 Å². The Labute approximate surface area is 163 Å². The maximum atomic E-state index is 12.6. The van der Waals surface area contributed by atoms with Crippen molar-refractivity contribution in [3.63, 3.8) is 0 Å². The number of oxazole rings is 1. The Morgan fingerprint density at radius 3 is 2.61 bits per heavy atom. The van der Waals surface area contributed by atoms with Crippen molar-refractivity contribution in [1.82, 2.24) is 10.3 Å². The van der Waals surface area contributed by atoms with Gasteiger partial charge in [-0.05, 0) is 25.5 Å². The quantitative estimate of drug-likeness (QED) is 0.472. The van der Waals surface area contributed by atoms with Crippen LogP contribution in [0.3, 0.4) is 0 Å². The van der Waals surface area contributed by atoms with Crippen molar-refractivity contribution in [2.75, 3.05) is 13.2 Å². The Balaban J connectivity index is 1.69. The summed E-state index contributed by atoms with van der Waals surface area (Å²) in [5.74, 6) is 0.528. The number of aromatic nitrogens is 1. The lowest BCUT2D eigenvalue weighted by atomic mass is 10.1. The average Bonchev–Trinajstić information content (AvgIpc) is 3.22. The van der Waals surface area contributed by atoms with Gasteiger partial charge in [0.15, 0.2) is 5.76 Å². The first kappa shape index (κ1) is 19.4. The Bertz CT molecular complexity index is 934. The molecule has 6 heteroatoms. The molecule has 0 bridgehead atoms. The van der Waals surface area contributed by atoms with Crippen molar-refractivity contribution in [3.8, 4) is 22.8 Å². The standard InChI is InChI=1S/C22H22N2O4/c1-2-27-20(25)13-8-14-23-21(26)17-11-6-7-12-18(17)22-24-15-19(28-22)16-9-4-3-5-10-16/h3-7,9-12,15H,2,8,13-14H2,1H3,(H,23,26). The van der Waals surface area contributed by atoms with Crippen molar-refractivity contribution in [2.24, 2.45) is 0 Å². The lowest BCUT2D eigenvalue weighted by Crippen LogP contribution is -2.25. The molecule has 0 aliphatic rings. The first-order valence-electron chi connectivity index (χ1n) is 9.23. The third kappa shape index (κ3) is 4.85. The fourth-order valence-electron chi connectivity index (χ4n) is 2.77. The second-order valence-electron chi connectivity index (χ2n) is 6.11. The summed E-state index contributed by atoms with van der Waals surface area (Å²) in [6.07, 6.45) is 2.44. The zero-order valence-corrected chi connectivity index (χ0v) is 15.7. The molecule has 0 unspecified atom stereocenters. The van der Waals surface area contributed by atoms with Crippen LogP contribution in [-0.2, 0) is 9.53 Å². The summed E-state index contributed by atoms with van der Waals surface area (Å²) in [4.78, 5) is 28.3. The predicted octanol–water partition coefficient (Wildman–Crippen LogP) is 4.08. The summed E-state index contributed by atoms with van der Waals surface area (Å²) in [7, 11) is 0. The van der Waals surface area contributed by atoms with Crippen LogP contribution in [0, 0.1) is 0 Å². The molecule has 3 aromatic rings. The van der Waals surface area contributed by atoms with Crippen LogP contribution in [0.2, 0.25) is 0 Å². The molecule has 0 saturated heterocycles. The zero-order chi connectivity index (χ0) is 19.8. The first-order chi connectivity index (χ1) is 13.7. The summed E-state index contributed by atoms with van der Waals surface area (Å²) >= 11 is 0. The molecule has 0 saturated carbocycles. The van der Waals surface area contributed by atoms with Gasteiger partial charge in [0.25, 0.3) is 5.91 Å². The minimum atomic E-state index is -0.259. The van der Waals surface area contributed by atoms with E-state index in [0.717, 1.165) is 5.56 Å². The van der Waals surface area contributed by atoms with E-state index in [9.17, 15) is 9.59 Å². The van der Waals surface area contributed by atoms with Crippen LogP contribution in [-0.4, -0.2) is 30.0 Å². The number of nitrogens with zero attached hydrogens (tertiary/aromatic N) is 1. The molecular weight excluding hydrogens is 356 g/mol. The lowest BCUT2D eigenvalue weighted by molar-refractivity contribution is -0.143. The van der Waals surface area contributed by atoms with Crippen molar-refractivity contribution in [1.29, 1.82) is 0 Å². The van der Waals surface area contributed by atoms with Crippen molar-refractivity contribution in [3.05, 3.63) is 66.4 Å². The van der Waals surface area contributed by atoms with Crippen molar-refractivity contribution >= 4 is 11.9 Å². The third-order valence-electron chi connectivity index (χ3n) is 4.11. The zero-order valence-electron chi connectivity index (χ0n) is 15.7. The van der Waals surface area contributed by atoms with E-state index in [0.29, 0.717) is 42.4 Å². The molecule has 0 aliphatic carbocycles. The Hall–Kier alpha value is -3.41. The van der Waals surface area contributed by atoms with Gasteiger partial charge in [-0.2, -0.15) is 0 Å². The highest BCUT2D eigenvalue weighted by molar-refractivity contribution is 6.00. The molecule has 3 rings (SSSR count). The summed E-state index contributed by atoms with van der Waals surface area (Å²) < 4.78 is 10.8. The number of carbonyl (C=O) groups is 2. The summed E-state index contributed by atoms with van der Waals surface area (Å²) in [6, 6.07) is 16.8. The van der Waals surface area contributed by atoms with Crippen LogP contribution in [0.1, 0.15) is 30.1 Å². The fourth-order valence-corrected chi connectivity index (χ4v) is 2.77. The monoisotopic (exact) mass is 378 g/mol. The fraction of sp³-hybridized carbons (Fsp3) is 0.227. The summed E-state index contributed by atoms with van der Waals surface area (Å²) in [6.45, 7) is 2.51. The van der Waals surface area contributed by atoms with Gasteiger partial charge in [-0.15, -0.1) is 0 Å². The molecule has 2 aromatic carbocycles. The maximum absolute atomic E-state index is 12.6. The van der Waals surface area contributed by atoms with E-state index < -0.39 is 0 Å². The number of hydrogen-bond donors (Lipinski definition) is 1. The van der Waals surface area contributed by atoms with E-state index in [1.165, 1.54) is 0 Å². The summed E-state index contributed by atoms with van der Waals surface area (Å²) in [5, 5.41) is 2.83. The van der Waals surface area contributed by atoms with Crippen molar-refractivity contribution in [2.45, 2.75) is 19.8 Å². The molecule has 0 radical (unpaired) electrons. The van der Waals surface area contributed by atoms with Gasteiger partial charge in [0.1, 0.15) is 0 Å². The van der Waals surface area contributed by atoms with Gasteiger partial charge in [0.2, 0.25) is 5.89 Å². The van der Waals surface area contributed by atoms with E-state index >= 15 is 0 Å². The molecule has 0 atom stereocenters. The van der Waals surface area contributed by atoms with Gasteiger partial charge >= 0.3 is 5.97 Å². The highest BCUT2D eigenvalue weighted by atomic mass is 16.5. The number of carbonyl (C=O) groups excluding carboxylic acids is 2. The van der Waals surface area contributed by atoms with E-state index in [1.807, 2.05) is 36.4 Å². The summed E-state index contributed by atoms with van der Waals surface area (Å²) in [5.41, 5.74) is 2.01. The number of ether oxygens (including phenoxy) is 1. The molecule has 1 amide bonds. The minimum Gasteiger partial charge on any atom is -0.466 e. The topological polar surface area (TPSA) is 81.4 Å². The molecule has 1 aromatic heterocycles. The van der Waals surface area contributed by atoms with Gasteiger partial charge in [-0.3, -0.25) is 9.59 Å². The SMILES string of the molecule is CCOC(=O)CCCNC(=O)c1ccccc1-c1ncc(-c2ccccc2)o1. The van der Waals surface area contributed by atoms with Crippen LogP contribution in [0.25, 0.3) is 22.8 Å². The van der Waals surface area contributed by atoms with Crippen LogP contribution in [0.5, 0.6) is 0 Å². The Kier molecular flexibility index (Phi) is 6.57. The molecule has 0 aliphatic heterocycles. The number of esters is 1. The number of amides is 1. The van der Waals surface area contributed by atoms with E-state index in [4.69, 9.17) is 9.15 Å². The molecule has 144 valence electrons. The molecular formula is C22H22N2O4. The Morgan fingerprint density at radius 2 is 1.82 bits per heavy atom. The molecule has 28 heavy (non-hydrogen) atoms. The average molecular weight is 378 g/mol. The lowest BCUT2D eigenvalue weighted by Gasteiger charge is -2.08. The second kappa shape index (κ2) is 9.50. The molecule has 6 nitrogen and oxygen atoms in total. The highest BCUT2D eigenvalue weighted by Crippen LogP contribution is 2.28. The third-order valence-corrected chi connectivity index (χ3v) is 4.11. The molecule has 0 fully saturated rings. The van der Waals surface area contributed by atoms with Gasteiger partial charge < -0.3 is 14.5 Å². The highest BCUT2D eigenvalue weighted by Gasteiger charge is 2.16. The van der Waals surface area contributed by atoms with E-state index in [1.54, 1.807) is 31.3 Å². The second-order valence-corrected chi connectivity index (χ2v) is 6.11. The largest absolute Gasteiger partial charge is 0.466 e. The number of hydrogen-bond acceptors (Lipinski definition) is 5. The molecule has 1 N–H and O–H groups in total. The van der Waals surface area contributed by atoms with Crippen LogP contribution in [0.4, 0.5) is 0 Å². The smallest absolute Gasteiger partial charge is 0.305 e. The van der Waals surface area contributed by atoms with Crippen molar-refractivity contribution < 1.29 is 18.7 Å². The van der Waals surface area contributed by atoms with Gasteiger partial charge in [-0.1, -0.05) is 42.5 Å². The predicted molar refractivity (Wildman–Crippen MR) is 106 cm³/mol. The van der Waals surface area contributed by atoms with E-state index in [2.05, 4.69) is 10.3 Å².